The van der Waals surface area contributed by atoms with Gasteiger partial charge in [0, 0.05) is 24.7 Å². The van der Waals surface area contributed by atoms with Crippen molar-refractivity contribution in [3.05, 3.63) is 84.7 Å². The van der Waals surface area contributed by atoms with Gasteiger partial charge in [0.05, 0.1) is 10.9 Å². The predicted molar refractivity (Wildman–Crippen MR) is 110 cm³/mol. The molecule has 0 bridgehead atoms. The van der Waals surface area contributed by atoms with Crippen LogP contribution in [-0.2, 0) is 17.3 Å². The zero-order chi connectivity index (χ0) is 16.0. The Labute approximate surface area is 165 Å². The van der Waals surface area contributed by atoms with Gasteiger partial charge < -0.3 is 0 Å². The van der Waals surface area contributed by atoms with Crippen LogP contribution in [0.15, 0.2) is 75.4 Å². The van der Waals surface area contributed by atoms with Crippen LogP contribution in [0.5, 0.6) is 0 Å². The summed E-state index contributed by atoms with van der Waals surface area (Å²) in [6.07, 6.45) is 0.975. The van der Waals surface area contributed by atoms with E-state index in [1.165, 1.54) is 33.0 Å². The van der Waals surface area contributed by atoms with Crippen LogP contribution in [0.2, 0.25) is 0 Å². The van der Waals surface area contributed by atoms with Crippen molar-refractivity contribution in [3.8, 4) is 0 Å². The lowest BCUT2D eigenvalue weighted by molar-refractivity contribution is 0.626. The maximum atomic E-state index is 13.4. The molecule has 0 amide bonds. The van der Waals surface area contributed by atoms with Gasteiger partial charge in [-0.2, -0.15) is 0 Å². The monoisotopic (exact) mass is 545 g/mol. The molecule has 0 radical (unpaired) electrons. The highest BCUT2D eigenvalue weighted by Crippen LogP contribution is 2.41. The lowest BCUT2D eigenvalue weighted by Crippen LogP contribution is -2.16. The SMILES string of the molecule is Fc1ccc([S+]2c3ccc(I)cc3Cc3cc(I)ccc32)cc1. The van der Waals surface area contributed by atoms with E-state index in [2.05, 4.69) is 81.6 Å². The maximum absolute atomic E-state index is 13.4. The second kappa shape index (κ2) is 6.37. The molecule has 4 heteroatoms. The summed E-state index contributed by atoms with van der Waals surface area (Å²) in [5.74, 6) is -0.181. The van der Waals surface area contributed by atoms with Gasteiger partial charge in [-0.25, -0.2) is 4.39 Å². The largest absolute Gasteiger partial charge is 0.207 e. The molecule has 0 aliphatic carbocycles. The molecular weight excluding hydrogens is 533 g/mol. The number of hydrogen-bond acceptors (Lipinski definition) is 0. The highest BCUT2D eigenvalue weighted by atomic mass is 127. The summed E-state index contributed by atoms with van der Waals surface area (Å²) >= 11 is 4.74. The fourth-order valence-electron chi connectivity index (χ4n) is 2.92. The molecule has 0 saturated heterocycles. The summed E-state index contributed by atoms with van der Waals surface area (Å²) in [7, 11) is -0.156. The van der Waals surface area contributed by atoms with Crippen LogP contribution in [0.3, 0.4) is 0 Å². The number of halogens is 3. The zero-order valence-corrected chi connectivity index (χ0v) is 17.2. The highest BCUT2D eigenvalue weighted by molar-refractivity contribution is 14.1. The molecule has 4 rings (SSSR count). The lowest BCUT2D eigenvalue weighted by atomic mass is 10.0. The Balaban J connectivity index is 1.95. The molecule has 114 valence electrons. The smallest absolute Gasteiger partial charge is 0.170 e. The summed E-state index contributed by atoms with van der Waals surface area (Å²) in [6, 6.07) is 20.4. The Bertz CT molecular complexity index is 839. The molecule has 1 heterocycles. The number of rotatable bonds is 1. The summed E-state index contributed by atoms with van der Waals surface area (Å²) in [4.78, 5) is 3.91. The molecule has 1 aliphatic heterocycles. The minimum Gasteiger partial charge on any atom is -0.207 e. The molecule has 0 unspecified atom stereocenters. The van der Waals surface area contributed by atoms with Gasteiger partial charge in [-0.15, -0.1) is 0 Å². The minimum atomic E-state index is -0.181. The molecule has 0 saturated carbocycles. The van der Waals surface area contributed by atoms with Gasteiger partial charge in [-0.05, 0) is 106 Å². The third-order valence-electron chi connectivity index (χ3n) is 3.92. The number of fused-ring (bicyclic) bond motifs is 2. The van der Waals surface area contributed by atoms with Gasteiger partial charge in [0.1, 0.15) is 5.82 Å². The van der Waals surface area contributed by atoms with Gasteiger partial charge in [-0.1, -0.05) is 0 Å². The van der Waals surface area contributed by atoms with E-state index >= 15 is 0 Å². The minimum absolute atomic E-state index is 0.156. The lowest BCUT2D eigenvalue weighted by Gasteiger charge is -2.20. The van der Waals surface area contributed by atoms with Crippen LogP contribution in [-0.4, -0.2) is 0 Å². The van der Waals surface area contributed by atoms with Crippen LogP contribution in [0.1, 0.15) is 11.1 Å². The van der Waals surface area contributed by atoms with E-state index in [-0.39, 0.29) is 16.7 Å². The molecule has 3 aromatic carbocycles. The first-order valence-corrected chi connectivity index (χ1v) is 10.6. The van der Waals surface area contributed by atoms with Crippen molar-refractivity contribution in [3.63, 3.8) is 0 Å². The standard InChI is InChI=1S/C19H12FI2S/c20-14-1-5-17(6-2-14)23-18-7-3-15(21)10-12(18)9-13-11-16(22)4-8-19(13)23/h1-8,10-11H,9H2/q+1. The normalized spacial score (nSPS) is 13.5. The van der Waals surface area contributed by atoms with Crippen molar-refractivity contribution in [2.45, 2.75) is 21.1 Å². The summed E-state index contributed by atoms with van der Waals surface area (Å²) in [5.41, 5.74) is 2.78. The van der Waals surface area contributed by atoms with Gasteiger partial charge in [0.15, 0.2) is 14.7 Å². The quantitative estimate of drug-likeness (QED) is 0.203. The summed E-state index contributed by atoms with van der Waals surface area (Å²) in [6.45, 7) is 0. The van der Waals surface area contributed by atoms with Crippen LogP contribution in [0, 0.1) is 13.0 Å². The van der Waals surface area contributed by atoms with Crippen molar-refractivity contribution in [2.75, 3.05) is 0 Å². The van der Waals surface area contributed by atoms with Gasteiger partial charge in [0.25, 0.3) is 0 Å². The predicted octanol–water partition coefficient (Wildman–Crippen LogP) is 6.03. The molecule has 1 aliphatic rings. The Morgan fingerprint density at radius 1 is 0.739 bits per heavy atom. The van der Waals surface area contributed by atoms with Gasteiger partial charge in [0.2, 0.25) is 0 Å². The van der Waals surface area contributed by atoms with E-state index in [9.17, 15) is 4.39 Å². The molecular formula is C19H12FI2S+. The molecule has 0 atom stereocenters. The van der Waals surface area contributed by atoms with E-state index in [1.807, 2.05) is 12.1 Å². The Morgan fingerprint density at radius 2 is 1.26 bits per heavy atom. The number of benzene rings is 3. The van der Waals surface area contributed by atoms with Crippen LogP contribution in [0.25, 0.3) is 0 Å². The van der Waals surface area contributed by atoms with Crippen LogP contribution < -0.4 is 0 Å². The van der Waals surface area contributed by atoms with Gasteiger partial charge in [-0.3, -0.25) is 0 Å². The zero-order valence-electron chi connectivity index (χ0n) is 12.0. The Kier molecular flexibility index (Phi) is 4.40. The van der Waals surface area contributed by atoms with E-state index in [0.717, 1.165) is 6.42 Å². The van der Waals surface area contributed by atoms with Gasteiger partial charge >= 0.3 is 0 Å². The van der Waals surface area contributed by atoms with Crippen LogP contribution in [0.4, 0.5) is 4.39 Å². The van der Waals surface area contributed by atoms with Crippen molar-refractivity contribution >= 4 is 56.1 Å². The maximum Gasteiger partial charge on any atom is 0.170 e. The molecule has 3 aromatic rings. The molecule has 0 N–H and O–H groups in total. The topological polar surface area (TPSA) is 0 Å². The second-order valence-corrected chi connectivity index (χ2v) is 9.90. The first-order chi connectivity index (χ1) is 11.1. The molecule has 0 aromatic heterocycles. The average molecular weight is 545 g/mol. The molecule has 0 spiro atoms. The fourth-order valence-corrected chi connectivity index (χ4v) is 6.38. The van der Waals surface area contributed by atoms with E-state index in [4.69, 9.17) is 0 Å². The third kappa shape index (κ3) is 3.05. The fraction of sp³-hybridized carbons (Fsp3) is 0.0526. The molecule has 0 fully saturated rings. The third-order valence-corrected chi connectivity index (χ3v) is 7.68. The van der Waals surface area contributed by atoms with Crippen LogP contribution >= 0.6 is 45.2 Å². The van der Waals surface area contributed by atoms with Crippen molar-refractivity contribution in [2.24, 2.45) is 0 Å². The Hall–Kier alpha value is -0.600. The van der Waals surface area contributed by atoms with E-state index in [1.54, 1.807) is 12.1 Å². The molecule has 0 nitrogen and oxygen atoms in total. The Morgan fingerprint density at radius 3 is 1.78 bits per heavy atom. The summed E-state index contributed by atoms with van der Waals surface area (Å²) in [5, 5.41) is 0. The van der Waals surface area contributed by atoms with Crippen molar-refractivity contribution in [1.29, 1.82) is 0 Å². The first-order valence-electron chi connectivity index (χ1n) is 7.18. The highest BCUT2D eigenvalue weighted by Gasteiger charge is 2.37. The van der Waals surface area contributed by atoms with Crippen molar-refractivity contribution < 1.29 is 4.39 Å². The average Bonchev–Trinajstić information content (AvgIpc) is 2.53. The van der Waals surface area contributed by atoms with E-state index < -0.39 is 0 Å². The first kappa shape index (κ1) is 15.9. The molecule has 23 heavy (non-hydrogen) atoms. The number of hydrogen-bond donors (Lipinski definition) is 0. The van der Waals surface area contributed by atoms with E-state index in [0.29, 0.717) is 0 Å². The van der Waals surface area contributed by atoms with Crippen molar-refractivity contribution in [1.82, 2.24) is 0 Å². The summed E-state index contributed by atoms with van der Waals surface area (Å²) < 4.78 is 15.9. The second-order valence-electron chi connectivity index (χ2n) is 5.44.